The molecule has 3 rings (SSSR count). The van der Waals surface area contributed by atoms with Gasteiger partial charge >= 0.3 is 0 Å². The number of hydrogen-bond acceptors (Lipinski definition) is 6. The molecular weight excluding hydrogens is 256 g/mol. The molecule has 0 amide bonds. The average Bonchev–Trinajstić information content (AvgIpc) is 2.89. The molecule has 2 aromatic heterocycles. The van der Waals surface area contributed by atoms with Gasteiger partial charge in [0.1, 0.15) is 11.3 Å². The lowest BCUT2D eigenvalue weighted by Crippen LogP contribution is -1.98. The van der Waals surface area contributed by atoms with Crippen LogP contribution in [0.1, 0.15) is 5.56 Å². The first-order valence-electron chi connectivity index (χ1n) is 5.86. The molecular formula is C13H10N6O. The number of H-pyrrole nitrogens is 1. The van der Waals surface area contributed by atoms with E-state index in [9.17, 15) is 0 Å². The lowest BCUT2D eigenvalue weighted by molar-refractivity contribution is 0.468. The van der Waals surface area contributed by atoms with Crippen molar-refractivity contribution < 1.29 is 4.74 Å². The molecule has 98 valence electrons. The van der Waals surface area contributed by atoms with Crippen LogP contribution in [0.15, 0.2) is 30.6 Å². The van der Waals surface area contributed by atoms with E-state index < -0.39 is 0 Å². The van der Waals surface area contributed by atoms with Gasteiger partial charge in [0.2, 0.25) is 5.95 Å². The van der Waals surface area contributed by atoms with Gasteiger partial charge in [0, 0.05) is 0 Å². The zero-order valence-electron chi connectivity index (χ0n) is 10.4. The van der Waals surface area contributed by atoms with Crippen molar-refractivity contribution in [3.05, 3.63) is 36.2 Å². The SMILES string of the molecule is N#CCc1ccc(Oc2nc(N)nc3nc[nH]c23)cc1. The summed E-state index contributed by atoms with van der Waals surface area (Å²) in [7, 11) is 0. The molecule has 3 N–H and O–H groups in total. The predicted molar refractivity (Wildman–Crippen MR) is 71.9 cm³/mol. The van der Waals surface area contributed by atoms with Crippen LogP contribution in [0.2, 0.25) is 0 Å². The number of hydrogen-bond donors (Lipinski definition) is 2. The second-order valence-electron chi connectivity index (χ2n) is 4.07. The zero-order chi connectivity index (χ0) is 13.9. The Bertz CT molecular complexity index is 787. The van der Waals surface area contributed by atoms with Gasteiger partial charge in [-0.3, -0.25) is 0 Å². The van der Waals surface area contributed by atoms with Crippen molar-refractivity contribution >= 4 is 17.1 Å². The van der Waals surface area contributed by atoms with Gasteiger partial charge in [-0.05, 0) is 17.7 Å². The number of aromatic nitrogens is 4. The van der Waals surface area contributed by atoms with Crippen LogP contribution >= 0.6 is 0 Å². The van der Waals surface area contributed by atoms with Crippen molar-refractivity contribution in [2.75, 3.05) is 5.73 Å². The smallest absolute Gasteiger partial charge is 0.250 e. The molecule has 0 unspecified atom stereocenters. The molecule has 0 saturated heterocycles. The number of nitrogens with one attached hydrogen (secondary N) is 1. The third-order valence-corrected chi connectivity index (χ3v) is 2.69. The van der Waals surface area contributed by atoms with E-state index in [2.05, 4.69) is 26.0 Å². The van der Waals surface area contributed by atoms with E-state index in [1.165, 1.54) is 6.33 Å². The van der Waals surface area contributed by atoms with Crippen LogP contribution in [0.4, 0.5) is 5.95 Å². The molecule has 0 atom stereocenters. The largest absolute Gasteiger partial charge is 0.437 e. The number of nitrogens with zero attached hydrogens (tertiary/aromatic N) is 4. The van der Waals surface area contributed by atoms with E-state index in [1.807, 2.05) is 12.1 Å². The number of anilines is 1. The minimum atomic E-state index is 0.0979. The Morgan fingerprint density at radius 3 is 2.80 bits per heavy atom. The highest BCUT2D eigenvalue weighted by Crippen LogP contribution is 2.26. The van der Waals surface area contributed by atoms with Crippen LogP contribution < -0.4 is 10.5 Å². The standard InChI is InChI=1S/C13H10N6O/c14-6-5-8-1-3-9(4-2-8)20-12-10-11(17-7-16-10)18-13(15)19-12/h1-4,7H,5H2,(H3,15,16,17,18,19). The van der Waals surface area contributed by atoms with E-state index in [1.54, 1.807) is 12.1 Å². The van der Waals surface area contributed by atoms with E-state index in [4.69, 9.17) is 15.7 Å². The number of rotatable bonds is 3. The highest BCUT2D eigenvalue weighted by molar-refractivity contribution is 5.77. The van der Waals surface area contributed by atoms with Crippen LogP contribution in [0.3, 0.4) is 0 Å². The highest BCUT2D eigenvalue weighted by atomic mass is 16.5. The fourth-order valence-electron chi connectivity index (χ4n) is 1.77. The van der Waals surface area contributed by atoms with Gasteiger partial charge in [-0.2, -0.15) is 15.2 Å². The topological polar surface area (TPSA) is 114 Å². The number of imidazole rings is 1. The van der Waals surface area contributed by atoms with Gasteiger partial charge in [0.05, 0.1) is 18.8 Å². The average molecular weight is 266 g/mol. The Balaban J connectivity index is 1.93. The van der Waals surface area contributed by atoms with Gasteiger partial charge in [0.15, 0.2) is 5.65 Å². The van der Waals surface area contributed by atoms with E-state index in [0.29, 0.717) is 29.2 Å². The molecule has 2 heterocycles. The normalized spacial score (nSPS) is 10.3. The van der Waals surface area contributed by atoms with E-state index in [-0.39, 0.29) is 5.95 Å². The Labute approximate surface area is 114 Å². The molecule has 0 spiro atoms. The molecule has 0 fully saturated rings. The fraction of sp³-hybridized carbons (Fsp3) is 0.0769. The van der Waals surface area contributed by atoms with Crippen molar-refractivity contribution in [3.63, 3.8) is 0 Å². The maximum Gasteiger partial charge on any atom is 0.250 e. The second kappa shape index (κ2) is 4.85. The minimum absolute atomic E-state index is 0.0979. The van der Waals surface area contributed by atoms with Gasteiger partial charge in [-0.25, -0.2) is 4.98 Å². The maximum atomic E-state index is 8.63. The van der Waals surface area contributed by atoms with Gasteiger partial charge < -0.3 is 15.5 Å². The van der Waals surface area contributed by atoms with Crippen LogP contribution in [-0.4, -0.2) is 19.9 Å². The predicted octanol–water partition coefficient (Wildman–Crippen LogP) is 1.79. The minimum Gasteiger partial charge on any atom is -0.437 e. The monoisotopic (exact) mass is 266 g/mol. The van der Waals surface area contributed by atoms with Crippen molar-refractivity contribution in [2.24, 2.45) is 0 Å². The maximum absolute atomic E-state index is 8.63. The number of aromatic amines is 1. The number of nitriles is 1. The van der Waals surface area contributed by atoms with Crippen LogP contribution in [0.25, 0.3) is 11.2 Å². The van der Waals surface area contributed by atoms with E-state index in [0.717, 1.165) is 5.56 Å². The third-order valence-electron chi connectivity index (χ3n) is 2.69. The van der Waals surface area contributed by atoms with Crippen LogP contribution in [0.5, 0.6) is 11.6 Å². The number of ether oxygens (including phenoxy) is 1. The Hall–Kier alpha value is -3.14. The Morgan fingerprint density at radius 2 is 2.05 bits per heavy atom. The summed E-state index contributed by atoms with van der Waals surface area (Å²) in [6, 6.07) is 9.29. The third kappa shape index (κ3) is 2.22. The van der Waals surface area contributed by atoms with Crippen molar-refractivity contribution in [1.29, 1.82) is 5.26 Å². The summed E-state index contributed by atoms with van der Waals surface area (Å²) < 4.78 is 5.68. The molecule has 0 bridgehead atoms. The summed E-state index contributed by atoms with van der Waals surface area (Å²) >= 11 is 0. The lowest BCUT2D eigenvalue weighted by atomic mass is 10.2. The van der Waals surface area contributed by atoms with Crippen molar-refractivity contribution in [3.8, 4) is 17.7 Å². The molecule has 7 nitrogen and oxygen atoms in total. The zero-order valence-corrected chi connectivity index (χ0v) is 10.4. The first-order valence-corrected chi connectivity index (χ1v) is 5.86. The first-order chi connectivity index (χ1) is 9.76. The highest BCUT2D eigenvalue weighted by Gasteiger charge is 2.10. The molecule has 0 saturated carbocycles. The molecule has 0 aliphatic carbocycles. The van der Waals surface area contributed by atoms with E-state index >= 15 is 0 Å². The summed E-state index contributed by atoms with van der Waals surface area (Å²) in [6.07, 6.45) is 1.87. The van der Waals surface area contributed by atoms with Crippen molar-refractivity contribution in [1.82, 2.24) is 19.9 Å². The summed E-state index contributed by atoms with van der Waals surface area (Å²) in [5.74, 6) is 1.01. The molecule has 0 radical (unpaired) electrons. The Morgan fingerprint density at radius 1 is 1.25 bits per heavy atom. The van der Waals surface area contributed by atoms with Gasteiger partial charge in [0.25, 0.3) is 5.88 Å². The summed E-state index contributed by atoms with van der Waals surface area (Å²) in [4.78, 5) is 15.0. The number of nitrogens with two attached hydrogens (primary N) is 1. The first kappa shape index (κ1) is 11.9. The van der Waals surface area contributed by atoms with Crippen LogP contribution in [-0.2, 0) is 6.42 Å². The number of fused-ring (bicyclic) bond motifs is 1. The van der Waals surface area contributed by atoms with Crippen LogP contribution in [0, 0.1) is 11.3 Å². The Kier molecular flexibility index (Phi) is 2.89. The molecule has 0 aliphatic heterocycles. The molecule has 1 aromatic carbocycles. The number of nitrogen functional groups attached to an aromatic ring is 1. The number of benzene rings is 1. The van der Waals surface area contributed by atoms with Gasteiger partial charge in [-0.1, -0.05) is 12.1 Å². The fourth-order valence-corrected chi connectivity index (χ4v) is 1.77. The van der Waals surface area contributed by atoms with Gasteiger partial charge in [-0.15, -0.1) is 0 Å². The second-order valence-corrected chi connectivity index (χ2v) is 4.07. The molecule has 7 heteroatoms. The quantitative estimate of drug-likeness (QED) is 0.747. The summed E-state index contributed by atoms with van der Waals surface area (Å²) in [5.41, 5.74) is 7.57. The van der Waals surface area contributed by atoms with Crippen molar-refractivity contribution in [2.45, 2.75) is 6.42 Å². The lowest BCUT2D eigenvalue weighted by Gasteiger charge is -2.06. The molecule has 20 heavy (non-hydrogen) atoms. The summed E-state index contributed by atoms with van der Waals surface area (Å²) in [5, 5.41) is 8.63. The molecule has 0 aliphatic rings. The summed E-state index contributed by atoms with van der Waals surface area (Å²) in [6.45, 7) is 0. The molecule has 3 aromatic rings.